The highest BCUT2D eigenvalue weighted by Crippen LogP contribution is 2.34. The number of piperidine rings is 1. The molecule has 0 spiro atoms. The van der Waals surface area contributed by atoms with E-state index in [-0.39, 0.29) is 18.0 Å². The van der Waals surface area contributed by atoms with Gasteiger partial charge >= 0.3 is 6.09 Å². The van der Waals surface area contributed by atoms with Gasteiger partial charge in [-0.15, -0.1) is 0 Å². The minimum atomic E-state index is -0.499. The summed E-state index contributed by atoms with van der Waals surface area (Å²) in [6.07, 6.45) is 3.42. The van der Waals surface area contributed by atoms with Crippen molar-refractivity contribution in [3.05, 3.63) is 54.1 Å². The van der Waals surface area contributed by atoms with E-state index in [9.17, 15) is 9.59 Å². The monoisotopic (exact) mass is 464 g/mol. The van der Waals surface area contributed by atoms with E-state index in [0.717, 1.165) is 48.1 Å². The average Bonchev–Trinajstić information content (AvgIpc) is 3.64. The van der Waals surface area contributed by atoms with Crippen molar-refractivity contribution < 1.29 is 19.1 Å². The minimum absolute atomic E-state index is 0.0939. The Labute approximate surface area is 202 Å². The van der Waals surface area contributed by atoms with E-state index in [2.05, 4.69) is 4.90 Å². The predicted octanol–water partition coefficient (Wildman–Crippen LogP) is 5.76. The molecule has 1 heterocycles. The van der Waals surface area contributed by atoms with E-state index in [1.807, 2.05) is 76.2 Å². The number of carbonyl (C=O) groups excluding carboxylic acids is 2. The van der Waals surface area contributed by atoms with Gasteiger partial charge in [0.1, 0.15) is 11.4 Å². The van der Waals surface area contributed by atoms with Crippen LogP contribution < -0.4 is 4.74 Å². The van der Waals surface area contributed by atoms with E-state index < -0.39 is 5.60 Å². The smallest absolute Gasteiger partial charge is 0.410 e. The fraction of sp³-hybridized carbons (Fsp3) is 0.500. The fourth-order valence-corrected chi connectivity index (χ4v) is 4.50. The molecule has 6 heteroatoms. The topological polar surface area (TPSA) is 59.1 Å². The third kappa shape index (κ3) is 5.91. The van der Waals surface area contributed by atoms with Crippen LogP contribution in [0.2, 0.25) is 0 Å². The van der Waals surface area contributed by atoms with Gasteiger partial charge in [0, 0.05) is 30.7 Å². The lowest BCUT2D eigenvalue weighted by molar-refractivity contribution is 0.0142. The first-order valence-electron chi connectivity index (χ1n) is 12.4. The van der Waals surface area contributed by atoms with Crippen LogP contribution in [0.3, 0.4) is 0 Å². The van der Waals surface area contributed by atoms with E-state index in [4.69, 9.17) is 9.47 Å². The van der Waals surface area contributed by atoms with E-state index in [0.29, 0.717) is 25.7 Å². The maximum absolute atomic E-state index is 13.5. The Morgan fingerprint density at radius 3 is 1.91 bits per heavy atom. The van der Waals surface area contributed by atoms with Crippen LogP contribution in [0, 0.1) is 0 Å². The molecule has 0 N–H and O–H groups in total. The Bertz CT molecular complexity index is 983. The van der Waals surface area contributed by atoms with Gasteiger partial charge in [-0.2, -0.15) is 0 Å². The molecule has 2 aromatic rings. The zero-order valence-electron chi connectivity index (χ0n) is 20.8. The highest BCUT2D eigenvalue weighted by molar-refractivity contribution is 5.95. The third-order valence-corrected chi connectivity index (χ3v) is 6.31. The number of carbonyl (C=O) groups is 2. The predicted molar refractivity (Wildman–Crippen MR) is 133 cm³/mol. The van der Waals surface area contributed by atoms with Gasteiger partial charge in [0.2, 0.25) is 0 Å². The molecule has 0 bridgehead atoms. The van der Waals surface area contributed by atoms with Crippen molar-refractivity contribution in [3.8, 4) is 16.9 Å². The Morgan fingerprint density at radius 1 is 0.882 bits per heavy atom. The molecule has 6 nitrogen and oxygen atoms in total. The van der Waals surface area contributed by atoms with Crippen LogP contribution in [0.25, 0.3) is 11.1 Å². The summed E-state index contributed by atoms with van der Waals surface area (Å²) in [5.74, 6) is 0.951. The molecule has 0 aromatic heterocycles. The molecule has 1 saturated heterocycles. The summed E-state index contributed by atoms with van der Waals surface area (Å²) in [6.45, 7) is 9.50. The average molecular weight is 465 g/mol. The molecule has 1 aliphatic carbocycles. The van der Waals surface area contributed by atoms with Crippen LogP contribution in [0.5, 0.6) is 5.75 Å². The van der Waals surface area contributed by atoms with Gasteiger partial charge in [0.05, 0.1) is 6.61 Å². The lowest BCUT2D eigenvalue weighted by Crippen LogP contribution is -2.50. The molecule has 2 aromatic carbocycles. The molecular weight excluding hydrogens is 428 g/mol. The molecule has 1 aliphatic heterocycles. The molecule has 34 heavy (non-hydrogen) atoms. The number of likely N-dealkylation sites (tertiary alicyclic amines) is 1. The van der Waals surface area contributed by atoms with Crippen molar-refractivity contribution in [2.45, 2.75) is 71.1 Å². The third-order valence-electron chi connectivity index (χ3n) is 6.31. The summed E-state index contributed by atoms with van der Waals surface area (Å²) in [5.41, 5.74) is 2.39. The summed E-state index contributed by atoms with van der Waals surface area (Å²) in [5, 5.41) is 0. The van der Waals surface area contributed by atoms with Crippen LogP contribution >= 0.6 is 0 Å². The molecule has 2 fully saturated rings. The lowest BCUT2D eigenvalue weighted by Gasteiger charge is -2.39. The number of hydrogen-bond acceptors (Lipinski definition) is 4. The Balaban J connectivity index is 1.40. The highest BCUT2D eigenvalue weighted by atomic mass is 16.6. The summed E-state index contributed by atoms with van der Waals surface area (Å²) < 4.78 is 11.0. The molecule has 1 saturated carbocycles. The van der Waals surface area contributed by atoms with Gasteiger partial charge in [0.25, 0.3) is 5.91 Å². The largest absolute Gasteiger partial charge is 0.494 e. The van der Waals surface area contributed by atoms with Crippen LogP contribution in [-0.4, -0.2) is 59.2 Å². The van der Waals surface area contributed by atoms with Gasteiger partial charge in [0.15, 0.2) is 0 Å². The number of ether oxygens (including phenoxy) is 2. The van der Waals surface area contributed by atoms with Crippen molar-refractivity contribution in [2.75, 3.05) is 19.7 Å². The highest BCUT2D eigenvalue weighted by Gasteiger charge is 2.39. The van der Waals surface area contributed by atoms with Gasteiger partial charge < -0.3 is 19.3 Å². The number of nitrogens with zero attached hydrogens (tertiary/aromatic N) is 2. The molecule has 2 aliphatic rings. The summed E-state index contributed by atoms with van der Waals surface area (Å²) >= 11 is 0. The second-order valence-electron chi connectivity index (χ2n) is 10.2. The molecule has 2 amide bonds. The van der Waals surface area contributed by atoms with Crippen LogP contribution in [0.4, 0.5) is 4.79 Å². The normalized spacial score (nSPS) is 16.8. The first-order chi connectivity index (χ1) is 16.2. The van der Waals surface area contributed by atoms with Crippen molar-refractivity contribution in [1.29, 1.82) is 0 Å². The summed E-state index contributed by atoms with van der Waals surface area (Å²) in [4.78, 5) is 29.8. The minimum Gasteiger partial charge on any atom is -0.494 e. The zero-order valence-corrected chi connectivity index (χ0v) is 20.8. The summed E-state index contributed by atoms with van der Waals surface area (Å²) in [7, 11) is 0. The van der Waals surface area contributed by atoms with Gasteiger partial charge in [-0.3, -0.25) is 4.79 Å². The molecule has 0 atom stereocenters. The number of amides is 2. The van der Waals surface area contributed by atoms with Gasteiger partial charge in [-0.25, -0.2) is 4.79 Å². The van der Waals surface area contributed by atoms with Crippen LogP contribution in [0.1, 0.15) is 63.7 Å². The first-order valence-corrected chi connectivity index (χ1v) is 12.4. The van der Waals surface area contributed by atoms with E-state index in [1.54, 1.807) is 4.90 Å². The van der Waals surface area contributed by atoms with Crippen molar-refractivity contribution in [3.63, 3.8) is 0 Å². The Morgan fingerprint density at radius 2 is 1.41 bits per heavy atom. The number of hydrogen-bond donors (Lipinski definition) is 0. The van der Waals surface area contributed by atoms with E-state index in [1.165, 1.54) is 0 Å². The second-order valence-corrected chi connectivity index (χ2v) is 10.2. The van der Waals surface area contributed by atoms with Crippen molar-refractivity contribution in [2.24, 2.45) is 0 Å². The SMILES string of the molecule is CCOc1ccc(-c2ccc(C(=O)N(C3CC3)C3CCN(C(=O)OC(C)(C)C)CC3)cc2)cc1. The van der Waals surface area contributed by atoms with Crippen molar-refractivity contribution >= 4 is 12.0 Å². The quantitative estimate of drug-likeness (QED) is 0.546. The second kappa shape index (κ2) is 10.1. The molecular formula is C28H36N2O4. The van der Waals surface area contributed by atoms with Crippen molar-refractivity contribution in [1.82, 2.24) is 9.80 Å². The first kappa shape index (κ1) is 24.1. The Hall–Kier alpha value is -3.02. The molecule has 4 rings (SSSR count). The number of rotatable bonds is 6. The molecule has 0 unspecified atom stereocenters. The molecule has 182 valence electrons. The van der Waals surface area contributed by atoms with Crippen LogP contribution in [0.15, 0.2) is 48.5 Å². The maximum atomic E-state index is 13.5. The summed E-state index contributed by atoms with van der Waals surface area (Å²) in [6, 6.07) is 16.4. The fourth-order valence-electron chi connectivity index (χ4n) is 4.50. The maximum Gasteiger partial charge on any atom is 0.410 e. The zero-order chi connectivity index (χ0) is 24.3. The van der Waals surface area contributed by atoms with Gasteiger partial charge in [-0.1, -0.05) is 24.3 Å². The van der Waals surface area contributed by atoms with Gasteiger partial charge in [-0.05, 0) is 88.8 Å². The molecule has 0 radical (unpaired) electrons. The van der Waals surface area contributed by atoms with Crippen LogP contribution in [-0.2, 0) is 4.74 Å². The lowest BCUT2D eigenvalue weighted by atomic mass is 10.00. The van der Waals surface area contributed by atoms with E-state index >= 15 is 0 Å². The number of benzene rings is 2. The Kier molecular flexibility index (Phi) is 7.15. The standard InChI is InChI=1S/C28H36N2O4/c1-5-33-25-14-10-21(11-15-25)20-6-8-22(9-7-20)26(31)30(23-12-13-23)24-16-18-29(19-17-24)27(32)34-28(2,3)4/h6-11,14-15,23-24H,5,12-13,16-19H2,1-4H3.